The van der Waals surface area contributed by atoms with Crippen LogP contribution < -0.4 is 4.72 Å². The molecule has 1 saturated carbocycles. The molecule has 0 aliphatic heterocycles. The molecule has 0 amide bonds. The minimum absolute atomic E-state index is 0.0468. The minimum atomic E-state index is -3.25. The van der Waals surface area contributed by atoms with Crippen molar-refractivity contribution in [3.05, 3.63) is 0 Å². The molecule has 1 rings (SSSR count). The Labute approximate surface area is 119 Å². The largest absolute Gasteiger partial charge is 0.381 e. The highest BCUT2D eigenvalue weighted by Gasteiger charge is 2.36. The van der Waals surface area contributed by atoms with Gasteiger partial charge in [0.15, 0.2) is 0 Å². The summed E-state index contributed by atoms with van der Waals surface area (Å²) in [7, 11) is -3.25. The Hall–Kier alpha value is 0.350. The zero-order valence-corrected chi connectivity index (χ0v) is 13.6. The Balaban J connectivity index is 2.56. The van der Waals surface area contributed by atoms with Crippen molar-refractivity contribution >= 4 is 26.0 Å². The summed E-state index contributed by atoms with van der Waals surface area (Å²) in [4.78, 5) is 0. The molecule has 18 heavy (non-hydrogen) atoms. The van der Waals surface area contributed by atoms with Crippen LogP contribution in [0.5, 0.6) is 0 Å². The summed E-state index contributed by atoms with van der Waals surface area (Å²) < 4.78 is 32.0. The predicted molar refractivity (Wildman–Crippen MR) is 77.6 cm³/mol. The molecule has 1 N–H and O–H groups in total. The van der Waals surface area contributed by atoms with Gasteiger partial charge in [0.2, 0.25) is 10.0 Å². The lowest BCUT2D eigenvalue weighted by Crippen LogP contribution is -2.52. The van der Waals surface area contributed by atoms with E-state index in [1.807, 2.05) is 6.92 Å². The van der Waals surface area contributed by atoms with Crippen molar-refractivity contribution in [1.82, 2.24) is 4.72 Å². The van der Waals surface area contributed by atoms with Gasteiger partial charge < -0.3 is 4.74 Å². The van der Waals surface area contributed by atoms with E-state index in [1.165, 1.54) is 0 Å². The second kappa shape index (κ2) is 7.22. The second-order valence-corrected chi connectivity index (χ2v) is 7.62. The molecule has 0 spiro atoms. The first-order valence-corrected chi connectivity index (χ1v) is 9.36. The smallest absolute Gasteiger partial charge is 0.214 e. The molecule has 4 nitrogen and oxygen atoms in total. The summed E-state index contributed by atoms with van der Waals surface area (Å²) in [5, 5.41) is 0.681. The quantitative estimate of drug-likeness (QED) is 0.570. The lowest BCUT2D eigenvalue weighted by molar-refractivity contribution is 0.162. The average Bonchev–Trinajstić information content (AvgIpc) is 2.32. The van der Waals surface area contributed by atoms with Crippen molar-refractivity contribution < 1.29 is 13.2 Å². The Morgan fingerprint density at radius 3 is 2.50 bits per heavy atom. The zero-order valence-electron chi connectivity index (χ0n) is 11.2. The van der Waals surface area contributed by atoms with E-state index in [0.29, 0.717) is 17.9 Å². The SMILES string of the molecule is CCOCCS(=O)(=O)NC1(CBr)CCC(C)CC1. The summed E-state index contributed by atoms with van der Waals surface area (Å²) in [6.07, 6.45) is 3.99. The molecule has 0 aromatic carbocycles. The summed E-state index contributed by atoms with van der Waals surface area (Å²) in [6, 6.07) is 0. The Kier molecular flexibility index (Phi) is 6.58. The molecule has 0 radical (unpaired) electrons. The third-order valence-electron chi connectivity index (χ3n) is 3.56. The number of ether oxygens (including phenoxy) is 1. The Morgan fingerprint density at radius 2 is 2.00 bits per heavy atom. The molecule has 0 bridgehead atoms. The lowest BCUT2D eigenvalue weighted by atomic mass is 9.79. The normalized spacial score (nSPS) is 29.4. The first-order valence-electron chi connectivity index (χ1n) is 6.58. The molecule has 0 saturated heterocycles. The fraction of sp³-hybridized carbons (Fsp3) is 1.00. The molecule has 1 aliphatic carbocycles. The predicted octanol–water partition coefficient (Wildman–Crippen LogP) is 2.29. The first-order chi connectivity index (χ1) is 8.43. The molecule has 0 aromatic heterocycles. The molecule has 0 atom stereocenters. The highest BCUT2D eigenvalue weighted by molar-refractivity contribution is 9.09. The average molecular weight is 342 g/mol. The maximum atomic E-state index is 12.0. The number of halogens is 1. The van der Waals surface area contributed by atoms with Crippen molar-refractivity contribution in [2.75, 3.05) is 24.3 Å². The van der Waals surface area contributed by atoms with Crippen LogP contribution in [0.3, 0.4) is 0 Å². The molecule has 1 fully saturated rings. The van der Waals surface area contributed by atoms with Gasteiger partial charge in [0.25, 0.3) is 0 Å². The summed E-state index contributed by atoms with van der Waals surface area (Å²) in [5.74, 6) is 0.746. The Morgan fingerprint density at radius 1 is 1.39 bits per heavy atom. The number of alkyl halides is 1. The van der Waals surface area contributed by atoms with Crippen molar-refractivity contribution in [3.8, 4) is 0 Å². The van der Waals surface area contributed by atoms with Crippen LogP contribution in [0, 0.1) is 5.92 Å². The maximum absolute atomic E-state index is 12.0. The number of sulfonamides is 1. The molecule has 0 aromatic rings. The molecule has 0 heterocycles. The second-order valence-electron chi connectivity index (χ2n) is 5.21. The monoisotopic (exact) mass is 341 g/mol. The maximum Gasteiger partial charge on any atom is 0.214 e. The minimum Gasteiger partial charge on any atom is -0.381 e. The van der Waals surface area contributed by atoms with E-state index in [2.05, 4.69) is 27.6 Å². The first kappa shape index (κ1) is 16.4. The van der Waals surface area contributed by atoms with Crippen LogP contribution >= 0.6 is 15.9 Å². The van der Waals surface area contributed by atoms with Crippen LogP contribution in [0.2, 0.25) is 0 Å². The van der Waals surface area contributed by atoms with E-state index in [9.17, 15) is 8.42 Å². The number of nitrogens with one attached hydrogen (secondary N) is 1. The number of rotatable bonds is 7. The van der Waals surface area contributed by atoms with Gasteiger partial charge in [-0.1, -0.05) is 22.9 Å². The van der Waals surface area contributed by atoms with Crippen molar-refractivity contribution in [2.24, 2.45) is 5.92 Å². The van der Waals surface area contributed by atoms with Gasteiger partial charge in [0.05, 0.1) is 12.4 Å². The van der Waals surface area contributed by atoms with Crippen LogP contribution in [0.25, 0.3) is 0 Å². The van der Waals surface area contributed by atoms with Gasteiger partial charge in [-0.2, -0.15) is 0 Å². The lowest BCUT2D eigenvalue weighted by Gasteiger charge is -2.38. The molecule has 1 aliphatic rings. The summed E-state index contributed by atoms with van der Waals surface area (Å²) >= 11 is 3.46. The number of hydrogen-bond acceptors (Lipinski definition) is 3. The molecular weight excluding hydrogens is 318 g/mol. The van der Waals surface area contributed by atoms with E-state index >= 15 is 0 Å². The topological polar surface area (TPSA) is 55.4 Å². The zero-order chi connectivity index (χ0) is 13.6. The van der Waals surface area contributed by atoms with Crippen LogP contribution in [-0.4, -0.2) is 38.3 Å². The van der Waals surface area contributed by atoms with Crippen molar-refractivity contribution in [3.63, 3.8) is 0 Å². The van der Waals surface area contributed by atoms with Crippen LogP contribution in [0.15, 0.2) is 0 Å². The van der Waals surface area contributed by atoms with Gasteiger partial charge in [0.1, 0.15) is 0 Å². The van der Waals surface area contributed by atoms with Gasteiger partial charge in [-0.25, -0.2) is 13.1 Å². The van der Waals surface area contributed by atoms with Gasteiger partial charge in [-0.05, 0) is 38.5 Å². The standard InChI is InChI=1S/C12H24BrNO3S/c1-3-17-8-9-18(15,16)14-12(10-13)6-4-11(2)5-7-12/h11,14H,3-10H2,1-2H3. The van der Waals surface area contributed by atoms with Gasteiger partial charge in [0, 0.05) is 17.5 Å². The molecule has 0 unspecified atom stereocenters. The van der Waals surface area contributed by atoms with E-state index in [1.54, 1.807) is 0 Å². The van der Waals surface area contributed by atoms with E-state index < -0.39 is 10.0 Å². The van der Waals surface area contributed by atoms with E-state index in [-0.39, 0.29) is 17.9 Å². The van der Waals surface area contributed by atoms with Crippen LogP contribution in [0.1, 0.15) is 39.5 Å². The van der Waals surface area contributed by atoms with E-state index in [0.717, 1.165) is 25.7 Å². The fourth-order valence-electron chi connectivity index (χ4n) is 2.27. The van der Waals surface area contributed by atoms with Gasteiger partial charge in [-0.3, -0.25) is 0 Å². The van der Waals surface area contributed by atoms with Gasteiger partial charge in [-0.15, -0.1) is 0 Å². The van der Waals surface area contributed by atoms with Crippen molar-refractivity contribution in [1.29, 1.82) is 0 Å². The highest BCUT2D eigenvalue weighted by Crippen LogP contribution is 2.33. The van der Waals surface area contributed by atoms with Gasteiger partial charge >= 0.3 is 0 Å². The van der Waals surface area contributed by atoms with E-state index in [4.69, 9.17) is 4.74 Å². The number of hydrogen-bond donors (Lipinski definition) is 1. The van der Waals surface area contributed by atoms with Crippen LogP contribution in [0.4, 0.5) is 0 Å². The molecular formula is C12H24BrNO3S. The Bertz CT molecular complexity index is 337. The highest BCUT2D eigenvalue weighted by atomic mass is 79.9. The molecule has 6 heteroatoms. The third kappa shape index (κ3) is 5.15. The molecule has 108 valence electrons. The summed E-state index contributed by atoms with van der Waals surface area (Å²) in [6.45, 7) is 4.90. The van der Waals surface area contributed by atoms with Crippen molar-refractivity contribution in [2.45, 2.75) is 45.1 Å². The summed E-state index contributed by atoms with van der Waals surface area (Å²) in [5.41, 5.74) is -0.294. The van der Waals surface area contributed by atoms with Crippen LogP contribution in [-0.2, 0) is 14.8 Å². The third-order valence-corrected chi connectivity index (χ3v) is 6.08. The fourth-order valence-corrected chi connectivity index (χ4v) is 4.53.